The number of rotatable bonds is 3. The summed E-state index contributed by atoms with van der Waals surface area (Å²) in [7, 11) is 0. The van der Waals surface area contributed by atoms with E-state index in [0.717, 1.165) is 11.1 Å². The fraction of sp³-hybridized carbons (Fsp3) is 0.143. The molecule has 0 N–H and O–H groups in total. The zero-order valence-corrected chi connectivity index (χ0v) is 9.59. The van der Waals surface area contributed by atoms with Gasteiger partial charge < -0.3 is 4.74 Å². The minimum absolute atomic E-state index is 0.273. The number of esters is 1. The molecule has 1 aromatic carbocycles. The van der Waals surface area contributed by atoms with Crippen molar-refractivity contribution in [1.82, 2.24) is 4.98 Å². The van der Waals surface area contributed by atoms with Crippen molar-refractivity contribution in [3.8, 4) is 0 Å². The quantitative estimate of drug-likeness (QED) is 0.757. The molecule has 0 unspecified atom stereocenters. The molecular weight excluding hydrogens is 214 g/mol. The van der Waals surface area contributed by atoms with Crippen LogP contribution in [0, 0.1) is 6.92 Å². The summed E-state index contributed by atoms with van der Waals surface area (Å²) in [6, 6.07) is 13.1. The monoisotopic (exact) mass is 227 g/mol. The van der Waals surface area contributed by atoms with Crippen molar-refractivity contribution in [2.24, 2.45) is 0 Å². The first-order valence-electron chi connectivity index (χ1n) is 5.39. The van der Waals surface area contributed by atoms with Crippen LogP contribution in [0.4, 0.5) is 0 Å². The van der Waals surface area contributed by atoms with Crippen LogP contribution in [0.1, 0.15) is 21.6 Å². The zero-order chi connectivity index (χ0) is 12.1. The Labute approximate surface area is 100 Å². The maximum Gasteiger partial charge on any atom is 0.357 e. The minimum Gasteiger partial charge on any atom is -0.456 e. The Balaban J connectivity index is 1.98. The molecule has 0 aliphatic heterocycles. The summed E-state index contributed by atoms with van der Waals surface area (Å²) < 4.78 is 5.17. The first-order valence-corrected chi connectivity index (χ1v) is 5.39. The van der Waals surface area contributed by atoms with Crippen LogP contribution in [0.15, 0.2) is 48.7 Å². The average molecular weight is 227 g/mol. The predicted molar refractivity (Wildman–Crippen MR) is 64.5 cm³/mol. The lowest BCUT2D eigenvalue weighted by molar-refractivity contribution is 0.0465. The molecule has 2 rings (SSSR count). The fourth-order valence-corrected chi connectivity index (χ4v) is 1.44. The molecule has 0 aliphatic rings. The number of aryl methyl sites for hydroxylation is 1. The van der Waals surface area contributed by atoms with Crippen molar-refractivity contribution in [3.63, 3.8) is 0 Å². The van der Waals surface area contributed by atoms with Crippen LogP contribution in [0.2, 0.25) is 0 Å². The second-order valence-electron chi connectivity index (χ2n) is 3.78. The number of carbonyl (C=O) groups is 1. The van der Waals surface area contributed by atoms with Gasteiger partial charge >= 0.3 is 5.97 Å². The highest BCUT2D eigenvalue weighted by Gasteiger charge is 2.08. The topological polar surface area (TPSA) is 39.2 Å². The summed E-state index contributed by atoms with van der Waals surface area (Å²) in [5, 5.41) is 0. The summed E-state index contributed by atoms with van der Waals surface area (Å²) in [6.07, 6.45) is 1.61. The summed E-state index contributed by atoms with van der Waals surface area (Å²) in [6.45, 7) is 2.19. The van der Waals surface area contributed by atoms with E-state index >= 15 is 0 Å². The van der Waals surface area contributed by atoms with Gasteiger partial charge in [-0.3, -0.25) is 0 Å². The van der Waals surface area contributed by atoms with Gasteiger partial charge in [-0.1, -0.05) is 30.3 Å². The van der Waals surface area contributed by atoms with Gasteiger partial charge in [-0.05, 0) is 30.2 Å². The Morgan fingerprint density at radius 2 is 2.00 bits per heavy atom. The molecule has 0 spiro atoms. The highest BCUT2D eigenvalue weighted by atomic mass is 16.5. The van der Waals surface area contributed by atoms with Gasteiger partial charge in [0.25, 0.3) is 0 Å². The molecule has 1 heterocycles. The number of pyridine rings is 1. The van der Waals surface area contributed by atoms with Crippen molar-refractivity contribution in [2.45, 2.75) is 13.5 Å². The Morgan fingerprint density at radius 1 is 1.24 bits per heavy atom. The second kappa shape index (κ2) is 5.25. The molecule has 2 aromatic rings. The summed E-state index contributed by atoms with van der Waals surface area (Å²) >= 11 is 0. The molecule has 1 aromatic heterocycles. The second-order valence-corrected chi connectivity index (χ2v) is 3.78. The lowest BCUT2D eigenvalue weighted by Gasteiger charge is -2.04. The molecule has 0 radical (unpaired) electrons. The molecule has 0 amide bonds. The van der Waals surface area contributed by atoms with E-state index in [0.29, 0.717) is 5.69 Å². The van der Waals surface area contributed by atoms with Crippen LogP contribution in [0.3, 0.4) is 0 Å². The van der Waals surface area contributed by atoms with Gasteiger partial charge in [-0.25, -0.2) is 9.78 Å². The molecule has 0 aliphatic carbocycles. The molecule has 0 atom stereocenters. The van der Waals surface area contributed by atoms with Gasteiger partial charge in [0, 0.05) is 6.20 Å². The minimum atomic E-state index is -0.391. The van der Waals surface area contributed by atoms with E-state index in [4.69, 9.17) is 4.74 Å². The van der Waals surface area contributed by atoms with Crippen LogP contribution in [0.5, 0.6) is 0 Å². The van der Waals surface area contributed by atoms with Crippen molar-refractivity contribution < 1.29 is 9.53 Å². The third-order valence-corrected chi connectivity index (χ3v) is 2.34. The van der Waals surface area contributed by atoms with E-state index < -0.39 is 5.97 Å². The van der Waals surface area contributed by atoms with E-state index in [-0.39, 0.29) is 6.61 Å². The standard InChI is InChI=1S/C14H13NO2/c1-11-7-8-15-13(9-11)14(16)17-10-12-5-3-2-4-6-12/h2-9H,10H2,1H3. The predicted octanol–water partition coefficient (Wildman–Crippen LogP) is 2.75. The highest BCUT2D eigenvalue weighted by Crippen LogP contribution is 2.05. The van der Waals surface area contributed by atoms with Crippen molar-refractivity contribution in [3.05, 3.63) is 65.5 Å². The highest BCUT2D eigenvalue weighted by molar-refractivity contribution is 5.87. The lowest BCUT2D eigenvalue weighted by Crippen LogP contribution is -2.07. The largest absolute Gasteiger partial charge is 0.456 e. The first kappa shape index (κ1) is 11.3. The van der Waals surface area contributed by atoms with E-state index in [9.17, 15) is 4.79 Å². The van der Waals surface area contributed by atoms with Crippen molar-refractivity contribution in [2.75, 3.05) is 0 Å². The number of ether oxygens (including phenoxy) is 1. The van der Waals surface area contributed by atoms with Crippen LogP contribution in [-0.2, 0) is 11.3 Å². The maximum atomic E-state index is 11.7. The van der Waals surface area contributed by atoms with Crippen LogP contribution in [-0.4, -0.2) is 11.0 Å². The first-order chi connectivity index (χ1) is 8.25. The summed E-state index contributed by atoms with van der Waals surface area (Å²) in [5.41, 5.74) is 2.31. The van der Waals surface area contributed by atoms with Gasteiger partial charge in [0.05, 0.1) is 0 Å². The molecule has 0 saturated heterocycles. The number of nitrogens with zero attached hydrogens (tertiary/aromatic N) is 1. The number of hydrogen-bond donors (Lipinski definition) is 0. The van der Waals surface area contributed by atoms with Crippen molar-refractivity contribution in [1.29, 1.82) is 0 Å². The number of aromatic nitrogens is 1. The number of hydrogen-bond acceptors (Lipinski definition) is 3. The molecular formula is C14H13NO2. The molecule has 3 heteroatoms. The van der Waals surface area contributed by atoms with E-state index in [1.165, 1.54) is 0 Å². The molecule has 17 heavy (non-hydrogen) atoms. The third kappa shape index (κ3) is 3.14. The van der Waals surface area contributed by atoms with Crippen LogP contribution < -0.4 is 0 Å². The normalized spacial score (nSPS) is 9.94. The SMILES string of the molecule is Cc1ccnc(C(=O)OCc2ccccc2)c1. The van der Waals surface area contributed by atoms with E-state index in [2.05, 4.69) is 4.98 Å². The molecule has 86 valence electrons. The molecule has 0 bridgehead atoms. The van der Waals surface area contributed by atoms with Gasteiger partial charge in [0.1, 0.15) is 12.3 Å². The van der Waals surface area contributed by atoms with Gasteiger partial charge in [0.2, 0.25) is 0 Å². The van der Waals surface area contributed by atoms with Crippen molar-refractivity contribution >= 4 is 5.97 Å². The smallest absolute Gasteiger partial charge is 0.357 e. The molecule has 0 saturated carbocycles. The molecule has 0 fully saturated rings. The fourth-order valence-electron chi connectivity index (χ4n) is 1.44. The number of carbonyl (C=O) groups excluding carboxylic acids is 1. The average Bonchev–Trinajstić information content (AvgIpc) is 2.37. The Bertz CT molecular complexity index is 509. The number of benzene rings is 1. The lowest BCUT2D eigenvalue weighted by atomic mass is 10.2. The van der Waals surface area contributed by atoms with E-state index in [1.807, 2.05) is 43.3 Å². The Morgan fingerprint density at radius 3 is 2.71 bits per heavy atom. The summed E-state index contributed by atoms with van der Waals surface area (Å²) in [4.78, 5) is 15.7. The zero-order valence-electron chi connectivity index (χ0n) is 9.59. The summed E-state index contributed by atoms with van der Waals surface area (Å²) in [5.74, 6) is -0.391. The Kier molecular flexibility index (Phi) is 3.50. The molecule has 3 nitrogen and oxygen atoms in total. The van der Waals surface area contributed by atoms with Gasteiger partial charge in [-0.2, -0.15) is 0 Å². The Hall–Kier alpha value is -2.16. The van der Waals surface area contributed by atoms with Crippen LogP contribution >= 0.6 is 0 Å². The third-order valence-electron chi connectivity index (χ3n) is 2.34. The van der Waals surface area contributed by atoms with Crippen LogP contribution in [0.25, 0.3) is 0 Å². The maximum absolute atomic E-state index is 11.7. The van der Waals surface area contributed by atoms with Gasteiger partial charge in [-0.15, -0.1) is 0 Å². The van der Waals surface area contributed by atoms with E-state index in [1.54, 1.807) is 12.3 Å². The van der Waals surface area contributed by atoms with Gasteiger partial charge in [0.15, 0.2) is 0 Å².